The molecule has 1 aliphatic heterocycles. The lowest BCUT2D eigenvalue weighted by atomic mass is 10.0. The minimum atomic E-state index is -0.222. The van der Waals surface area contributed by atoms with Gasteiger partial charge in [0.1, 0.15) is 17.3 Å². The second-order valence-electron chi connectivity index (χ2n) is 6.47. The van der Waals surface area contributed by atoms with Gasteiger partial charge in [-0.3, -0.25) is 0 Å². The van der Waals surface area contributed by atoms with Gasteiger partial charge in [0, 0.05) is 17.7 Å². The highest BCUT2D eigenvalue weighted by molar-refractivity contribution is 5.71. The Kier molecular flexibility index (Phi) is 4.26. The topological polar surface area (TPSA) is 29.9 Å². The van der Waals surface area contributed by atoms with Gasteiger partial charge in [0.15, 0.2) is 0 Å². The summed E-state index contributed by atoms with van der Waals surface area (Å²) < 4.78 is 16.3. The molecule has 0 radical (unpaired) electrons. The van der Waals surface area contributed by atoms with Crippen molar-refractivity contribution >= 4 is 5.82 Å². The van der Waals surface area contributed by atoms with Gasteiger partial charge in [-0.1, -0.05) is 31.2 Å². The van der Waals surface area contributed by atoms with Crippen LogP contribution in [0.2, 0.25) is 0 Å². The first-order valence-electron chi connectivity index (χ1n) is 8.98. The van der Waals surface area contributed by atoms with E-state index in [0.717, 1.165) is 55.0 Å². The predicted octanol–water partition coefficient (Wildman–Crippen LogP) is 4.99. The first-order chi connectivity index (χ1) is 12.3. The molecule has 1 aliphatic rings. The molecule has 0 unspecified atom stereocenters. The molecule has 0 fully saturated rings. The molecule has 0 spiro atoms. The Hall–Kier alpha value is -2.62. The molecule has 2 aromatic carbocycles. The first kappa shape index (κ1) is 15.9. The number of nitrogens with zero attached hydrogens (tertiary/aromatic N) is 2. The van der Waals surface area contributed by atoms with Crippen molar-refractivity contribution in [1.82, 2.24) is 9.78 Å². The Labute approximate surface area is 147 Å². The van der Waals surface area contributed by atoms with E-state index >= 15 is 0 Å². The van der Waals surface area contributed by atoms with E-state index in [1.807, 2.05) is 16.8 Å². The number of aryl methyl sites for hydroxylation is 1. The lowest BCUT2D eigenvalue weighted by Gasteiger charge is -2.09. The van der Waals surface area contributed by atoms with E-state index < -0.39 is 0 Å². The Morgan fingerprint density at radius 3 is 2.64 bits per heavy atom. The van der Waals surface area contributed by atoms with Crippen molar-refractivity contribution in [3.8, 4) is 16.9 Å². The average molecular weight is 335 g/mol. The minimum Gasteiger partial charge on any atom is -0.370 e. The Bertz CT molecular complexity index is 881. The molecule has 3 nitrogen and oxygen atoms in total. The number of rotatable bonds is 3. The smallest absolute Gasteiger partial charge is 0.133 e. The number of halogens is 1. The highest BCUT2D eigenvalue weighted by Gasteiger charge is 2.23. The molecule has 0 amide bonds. The second kappa shape index (κ2) is 6.71. The van der Waals surface area contributed by atoms with Crippen molar-refractivity contribution in [3.63, 3.8) is 0 Å². The third-order valence-electron chi connectivity index (χ3n) is 4.85. The van der Waals surface area contributed by atoms with Crippen LogP contribution in [0.5, 0.6) is 0 Å². The second-order valence-corrected chi connectivity index (χ2v) is 6.47. The summed E-state index contributed by atoms with van der Waals surface area (Å²) in [5, 5.41) is 8.31. The summed E-state index contributed by atoms with van der Waals surface area (Å²) in [6.45, 7) is 3.06. The number of hydrogen-bond acceptors (Lipinski definition) is 2. The summed E-state index contributed by atoms with van der Waals surface area (Å²) in [4.78, 5) is 0. The van der Waals surface area contributed by atoms with E-state index in [1.165, 1.54) is 11.6 Å². The molecule has 1 N–H and O–H groups in total. The average Bonchev–Trinajstić information content (AvgIpc) is 2.83. The molecule has 0 bridgehead atoms. The SMILES string of the molecule is CCc1ccc(-n2nc(-c3ccccc3F)c3c2NCCCC3)cc1. The number of benzene rings is 2. The van der Waals surface area contributed by atoms with E-state index in [-0.39, 0.29) is 5.82 Å². The van der Waals surface area contributed by atoms with E-state index in [1.54, 1.807) is 6.07 Å². The van der Waals surface area contributed by atoms with Gasteiger partial charge in [-0.2, -0.15) is 5.10 Å². The molecule has 0 aliphatic carbocycles. The maximum Gasteiger partial charge on any atom is 0.133 e. The molecular weight excluding hydrogens is 313 g/mol. The van der Waals surface area contributed by atoms with Gasteiger partial charge in [-0.25, -0.2) is 9.07 Å². The maximum atomic E-state index is 14.4. The highest BCUT2D eigenvalue weighted by Crippen LogP contribution is 2.34. The van der Waals surface area contributed by atoms with E-state index in [9.17, 15) is 4.39 Å². The quantitative estimate of drug-likeness (QED) is 0.731. The van der Waals surface area contributed by atoms with Crippen LogP contribution >= 0.6 is 0 Å². The van der Waals surface area contributed by atoms with Gasteiger partial charge < -0.3 is 5.32 Å². The Balaban J connectivity index is 1.88. The van der Waals surface area contributed by atoms with Crippen LogP contribution in [0.4, 0.5) is 10.2 Å². The fourth-order valence-corrected chi connectivity index (χ4v) is 3.43. The van der Waals surface area contributed by atoms with Gasteiger partial charge in [0.2, 0.25) is 0 Å². The summed E-state index contributed by atoms with van der Waals surface area (Å²) >= 11 is 0. The van der Waals surface area contributed by atoms with E-state index in [4.69, 9.17) is 5.10 Å². The molecule has 0 saturated carbocycles. The number of anilines is 1. The van der Waals surface area contributed by atoms with Gasteiger partial charge in [0.05, 0.1) is 5.69 Å². The summed E-state index contributed by atoms with van der Waals surface area (Å²) in [6, 6.07) is 15.3. The molecule has 25 heavy (non-hydrogen) atoms. The number of fused-ring (bicyclic) bond motifs is 1. The highest BCUT2D eigenvalue weighted by atomic mass is 19.1. The summed E-state index contributed by atoms with van der Waals surface area (Å²) in [5.41, 5.74) is 4.74. The van der Waals surface area contributed by atoms with Gasteiger partial charge in [0.25, 0.3) is 0 Å². The predicted molar refractivity (Wildman–Crippen MR) is 99.8 cm³/mol. The van der Waals surface area contributed by atoms with Crippen molar-refractivity contribution in [2.45, 2.75) is 32.6 Å². The van der Waals surface area contributed by atoms with Crippen LogP contribution in [0.15, 0.2) is 48.5 Å². The molecular formula is C21H22FN3. The zero-order chi connectivity index (χ0) is 17.2. The zero-order valence-corrected chi connectivity index (χ0v) is 14.4. The van der Waals surface area contributed by atoms with Crippen LogP contribution in [0, 0.1) is 5.82 Å². The van der Waals surface area contributed by atoms with Gasteiger partial charge in [-0.15, -0.1) is 0 Å². The van der Waals surface area contributed by atoms with Crippen molar-refractivity contribution in [1.29, 1.82) is 0 Å². The monoisotopic (exact) mass is 335 g/mol. The van der Waals surface area contributed by atoms with Crippen molar-refractivity contribution in [2.75, 3.05) is 11.9 Å². The van der Waals surface area contributed by atoms with Crippen LogP contribution in [0.25, 0.3) is 16.9 Å². The summed E-state index contributed by atoms with van der Waals surface area (Å²) in [6.07, 6.45) is 4.12. The van der Waals surface area contributed by atoms with Crippen LogP contribution < -0.4 is 5.32 Å². The van der Waals surface area contributed by atoms with Crippen LogP contribution in [-0.2, 0) is 12.8 Å². The third-order valence-corrected chi connectivity index (χ3v) is 4.85. The normalized spacial score (nSPS) is 13.8. The summed E-state index contributed by atoms with van der Waals surface area (Å²) in [7, 11) is 0. The van der Waals surface area contributed by atoms with E-state index in [0.29, 0.717) is 5.56 Å². The van der Waals surface area contributed by atoms with Crippen molar-refractivity contribution in [3.05, 3.63) is 65.5 Å². The first-order valence-corrected chi connectivity index (χ1v) is 8.98. The molecule has 3 aromatic rings. The zero-order valence-electron chi connectivity index (χ0n) is 14.4. The van der Waals surface area contributed by atoms with Gasteiger partial charge in [-0.05, 0) is 55.5 Å². The molecule has 0 atom stereocenters. The number of hydrogen-bond donors (Lipinski definition) is 1. The minimum absolute atomic E-state index is 0.222. The lowest BCUT2D eigenvalue weighted by Crippen LogP contribution is -2.07. The van der Waals surface area contributed by atoms with Gasteiger partial charge >= 0.3 is 0 Å². The fraction of sp³-hybridized carbons (Fsp3) is 0.286. The largest absolute Gasteiger partial charge is 0.370 e. The third kappa shape index (κ3) is 2.93. The molecule has 4 heteroatoms. The number of nitrogens with one attached hydrogen (secondary N) is 1. The van der Waals surface area contributed by atoms with Crippen LogP contribution in [-0.4, -0.2) is 16.3 Å². The molecule has 4 rings (SSSR count). The summed E-state index contributed by atoms with van der Waals surface area (Å²) in [5.74, 6) is 0.778. The Morgan fingerprint density at radius 1 is 1.08 bits per heavy atom. The lowest BCUT2D eigenvalue weighted by molar-refractivity contribution is 0.630. The fourth-order valence-electron chi connectivity index (χ4n) is 3.43. The van der Waals surface area contributed by atoms with Crippen LogP contribution in [0.3, 0.4) is 0 Å². The maximum absolute atomic E-state index is 14.4. The molecule has 2 heterocycles. The van der Waals surface area contributed by atoms with Crippen molar-refractivity contribution < 1.29 is 4.39 Å². The standard InChI is InChI=1S/C21H22FN3/c1-2-15-10-12-16(13-11-15)25-21-18(8-5-6-14-23-21)20(24-25)17-7-3-4-9-19(17)22/h3-4,7,9-13,23H,2,5-6,8,14H2,1H3. The van der Waals surface area contributed by atoms with E-state index in [2.05, 4.69) is 36.5 Å². The number of aromatic nitrogens is 2. The Morgan fingerprint density at radius 2 is 1.88 bits per heavy atom. The molecule has 0 saturated heterocycles. The van der Waals surface area contributed by atoms with Crippen LogP contribution in [0.1, 0.15) is 30.9 Å². The molecule has 1 aromatic heterocycles. The van der Waals surface area contributed by atoms with Crippen molar-refractivity contribution in [2.24, 2.45) is 0 Å². The molecule has 128 valence electrons.